The number of aromatic carboxylic acids is 1. The number of nitrogens with zero attached hydrogens (tertiary/aromatic N) is 3. The zero-order valence-corrected chi connectivity index (χ0v) is 8.73. The van der Waals surface area contributed by atoms with Gasteiger partial charge in [-0.15, -0.1) is 11.3 Å². The van der Waals surface area contributed by atoms with Crippen molar-refractivity contribution in [3.63, 3.8) is 0 Å². The molecule has 1 N–H and O–H groups in total. The number of carboxylic acid groups (broad SMARTS) is 1. The summed E-state index contributed by atoms with van der Waals surface area (Å²) in [7, 11) is 0. The maximum Gasteiger partial charge on any atom is 0.356 e. The monoisotopic (exact) mass is 231 g/mol. The number of hydrogen-bond acceptors (Lipinski definition) is 5. The maximum atomic E-state index is 10.8. The topological polar surface area (TPSA) is 86.9 Å². The largest absolute Gasteiger partial charge is 0.476 e. The van der Waals surface area contributed by atoms with Crippen molar-refractivity contribution in [2.75, 3.05) is 0 Å². The number of nitriles is 1. The van der Waals surface area contributed by atoms with Gasteiger partial charge < -0.3 is 5.11 Å². The first-order chi connectivity index (χ1) is 7.72. The Morgan fingerprint density at radius 3 is 2.81 bits per heavy atom. The van der Waals surface area contributed by atoms with E-state index in [1.165, 1.54) is 0 Å². The summed E-state index contributed by atoms with van der Waals surface area (Å²) < 4.78 is 0. The first-order valence-electron chi connectivity index (χ1n) is 4.28. The molecule has 0 aliphatic rings. The van der Waals surface area contributed by atoms with Crippen molar-refractivity contribution < 1.29 is 9.90 Å². The number of carbonyl (C=O) groups is 1. The van der Waals surface area contributed by atoms with Gasteiger partial charge >= 0.3 is 5.97 Å². The molecule has 0 aliphatic heterocycles. The van der Waals surface area contributed by atoms with E-state index >= 15 is 0 Å². The van der Waals surface area contributed by atoms with Crippen LogP contribution in [0.25, 0.3) is 10.7 Å². The highest BCUT2D eigenvalue weighted by molar-refractivity contribution is 7.15. The van der Waals surface area contributed by atoms with Crippen LogP contribution in [0.15, 0.2) is 24.4 Å². The molecule has 0 radical (unpaired) electrons. The Balaban J connectivity index is 2.54. The van der Waals surface area contributed by atoms with E-state index in [-0.39, 0.29) is 10.6 Å². The van der Waals surface area contributed by atoms with Crippen molar-refractivity contribution in [1.82, 2.24) is 9.97 Å². The third-order valence-electron chi connectivity index (χ3n) is 1.82. The number of aromatic nitrogens is 2. The van der Waals surface area contributed by atoms with Gasteiger partial charge in [0.1, 0.15) is 16.0 Å². The predicted octanol–water partition coefficient (Wildman–Crippen LogP) is 1.77. The SMILES string of the molecule is N#Cc1sc(-c2ccccn2)nc1C(=O)O. The molecule has 0 saturated carbocycles. The van der Waals surface area contributed by atoms with Crippen molar-refractivity contribution in [3.8, 4) is 16.8 Å². The van der Waals surface area contributed by atoms with Crippen LogP contribution >= 0.6 is 11.3 Å². The summed E-state index contributed by atoms with van der Waals surface area (Å²) in [4.78, 5) is 18.8. The molecule has 2 aromatic heterocycles. The molecule has 0 aliphatic carbocycles. The zero-order chi connectivity index (χ0) is 11.5. The van der Waals surface area contributed by atoms with Gasteiger partial charge in [-0.25, -0.2) is 9.78 Å². The zero-order valence-electron chi connectivity index (χ0n) is 7.91. The molecule has 0 aromatic carbocycles. The molecule has 0 saturated heterocycles. The molecule has 16 heavy (non-hydrogen) atoms. The quantitative estimate of drug-likeness (QED) is 0.851. The highest BCUT2D eigenvalue weighted by atomic mass is 32.1. The van der Waals surface area contributed by atoms with Crippen molar-refractivity contribution in [3.05, 3.63) is 35.0 Å². The minimum absolute atomic E-state index is 0.0909. The third-order valence-corrected chi connectivity index (χ3v) is 2.80. The van der Waals surface area contributed by atoms with Crippen molar-refractivity contribution in [2.45, 2.75) is 0 Å². The first kappa shape index (κ1) is 10.3. The summed E-state index contributed by atoms with van der Waals surface area (Å²) in [5, 5.41) is 18.0. The second-order valence-electron chi connectivity index (χ2n) is 2.83. The number of thiazole rings is 1. The molecule has 2 aromatic rings. The van der Waals surface area contributed by atoms with Gasteiger partial charge in [-0.3, -0.25) is 4.98 Å². The Morgan fingerprint density at radius 2 is 2.31 bits per heavy atom. The number of hydrogen-bond donors (Lipinski definition) is 1. The van der Waals surface area contributed by atoms with Gasteiger partial charge in [-0.05, 0) is 12.1 Å². The highest BCUT2D eigenvalue weighted by Crippen LogP contribution is 2.25. The lowest BCUT2D eigenvalue weighted by Gasteiger charge is -1.91. The summed E-state index contributed by atoms with van der Waals surface area (Å²) in [5.41, 5.74) is 0.352. The molecular weight excluding hydrogens is 226 g/mol. The fraction of sp³-hybridized carbons (Fsp3) is 0. The van der Waals surface area contributed by atoms with Gasteiger partial charge in [0.25, 0.3) is 0 Å². The minimum Gasteiger partial charge on any atom is -0.476 e. The van der Waals surface area contributed by atoms with Gasteiger partial charge in [-0.1, -0.05) is 6.07 Å². The van der Waals surface area contributed by atoms with Gasteiger partial charge in [-0.2, -0.15) is 5.26 Å². The molecule has 0 fully saturated rings. The average molecular weight is 231 g/mol. The van der Waals surface area contributed by atoms with E-state index in [9.17, 15) is 4.79 Å². The lowest BCUT2D eigenvalue weighted by atomic mass is 10.3. The van der Waals surface area contributed by atoms with Crippen LogP contribution in [-0.2, 0) is 0 Å². The number of carboxylic acids is 1. The Hall–Kier alpha value is -2.26. The standard InChI is InChI=1S/C10H5N3O2S/c11-5-7-8(10(14)15)13-9(16-7)6-3-1-2-4-12-6/h1-4H,(H,14,15). The Morgan fingerprint density at radius 1 is 1.50 bits per heavy atom. The van der Waals surface area contributed by atoms with Crippen molar-refractivity contribution >= 4 is 17.3 Å². The molecule has 0 spiro atoms. The van der Waals surface area contributed by atoms with Gasteiger partial charge in [0.2, 0.25) is 0 Å². The summed E-state index contributed by atoms with van der Waals surface area (Å²) >= 11 is 1.03. The first-order valence-corrected chi connectivity index (χ1v) is 5.09. The van der Waals surface area contributed by atoms with Crippen LogP contribution in [0.5, 0.6) is 0 Å². The summed E-state index contributed by atoms with van der Waals surface area (Å²) in [5.74, 6) is -1.20. The molecule has 0 amide bonds. The van der Waals surface area contributed by atoms with E-state index in [1.54, 1.807) is 24.4 Å². The smallest absolute Gasteiger partial charge is 0.356 e. The highest BCUT2D eigenvalue weighted by Gasteiger charge is 2.18. The molecule has 5 nitrogen and oxygen atoms in total. The number of pyridine rings is 1. The summed E-state index contributed by atoms with van der Waals surface area (Å²) in [6.07, 6.45) is 1.59. The molecule has 6 heteroatoms. The summed E-state index contributed by atoms with van der Waals surface area (Å²) in [6.45, 7) is 0. The van der Waals surface area contributed by atoms with Crippen molar-refractivity contribution in [1.29, 1.82) is 5.26 Å². The Kier molecular flexibility index (Phi) is 2.62. The Labute approximate surface area is 94.6 Å². The predicted molar refractivity (Wildman–Crippen MR) is 57.0 cm³/mol. The second-order valence-corrected chi connectivity index (χ2v) is 3.83. The van der Waals surface area contributed by atoms with Crippen LogP contribution in [0, 0.1) is 11.3 Å². The van der Waals surface area contributed by atoms with E-state index in [0.717, 1.165) is 11.3 Å². The van der Waals surface area contributed by atoms with E-state index < -0.39 is 5.97 Å². The van der Waals surface area contributed by atoms with Crippen LogP contribution in [-0.4, -0.2) is 21.0 Å². The molecule has 0 bridgehead atoms. The molecule has 2 heterocycles. The van der Waals surface area contributed by atoms with Crippen LogP contribution in [0.4, 0.5) is 0 Å². The number of rotatable bonds is 2. The maximum absolute atomic E-state index is 10.8. The van der Waals surface area contributed by atoms with Crippen LogP contribution in [0.3, 0.4) is 0 Å². The lowest BCUT2D eigenvalue weighted by Crippen LogP contribution is -1.98. The molecule has 0 unspecified atom stereocenters. The average Bonchev–Trinajstić information content (AvgIpc) is 2.74. The third kappa shape index (κ3) is 1.76. The Bertz CT molecular complexity index is 571. The van der Waals surface area contributed by atoms with E-state index in [1.807, 2.05) is 6.07 Å². The molecule has 0 atom stereocenters. The van der Waals surface area contributed by atoms with E-state index in [2.05, 4.69) is 9.97 Å². The van der Waals surface area contributed by atoms with Gasteiger partial charge in [0, 0.05) is 6.20 Å². The van der Waals surface area contributed by atoms with Gasteiger partial charge in [0.15, 0.2) is 5.69 Å². The van der Waals surface area contributed by atoms with Crippen molar-refractivity contribution in [2.24, 2.45) is 0 Å². The molecular formula is C10H5N3O2S. The summed E-state index contributed by atoms with van der Waals surface area (Å²) in [6, 6.07) is 7.05. The van der Waals surface area contributed by atoms with Crippen LogP contribution < -0.4 is 0 Å². The normalized spacial score (nSPS) is 9.69. The van der Waals surface area contributed by atoms with E-state index in [0.29, 0.717) is 10.7 Å². The molecule has 2 rings (SSSR count). The fourth-order valence-corrected chi connectivity index (χ4v) is 1.97. The van der Waals surface area contributed by atoms with Crippen LogP contribution in [0.2, 0.25) is 0 Å². The second kappa shape index (κ2) is 4.08. The lowest BCUT2D eigenvalue weighted by molar-refractivity contribution is 0.0691. The van der Waals surface area contributed by atoms with Gasteiger partial charge in [0.05, 0.1) is 5.69 Å². The van der Waals surface area contributed by atoms with Crippen LogP contribution in [0.1, 0.15) is 15.4 Å². The van der Waals surface area contributed by atoms with E-state index in [4.69, 9.17) is 10.4 Å². The minimum atomic E-state index is -1.20. The molecule has 78 valence electrons. The fourth-order valence-electron chi connectivity index (χ4n) is 1.14.